The highest BCUT2D eigenvalue weighted by atomic mass is 16.2. The highest BCUT2D eigenvalue weighted by molar-refractivity contribution is 5.75. The summed E-state index contributed by atoms with van der Waals surface area (Å²) in [6.07, 6.45) is 10.9. The van der Waals surface area contributed by atoms with Crippen molar-refractivity contribution in [2.24, 2.45) is 0 Å². The molecule has 3 aliphatic rings. The molecule has 2 saturated heterocycles. The maximum Gasteiger partial charge on any atom is 0.244 e. The van der Waals surface area contributed by atoms with E-state index in [4.69, 9.17) is 0 Å². The van der Waals surface area contributed by atoms with E-state index in [1.807, 2.05) is 10.9 Å². The minimum Gasteiger partial charge on any atom is -0.340 e. The fourth-order valence-electron chi connectivity index (χ4n) is 4.85. The van der Waals surface area contributed by atoms with Gasteiger partial charge in [0.1, 0.15) is 6.54 Å². The van der Waals surface area contributed by atoms with Crippen LogP contribution in [0.5, 0.6) is 0 Å². The van der Waals surface area contributed by atoms with Crippen LogP contribution in [-0.4, -0.2) is 70.8 Å². The number of carbonyl (C=O) groups is 1. The molecular formula is C20H33N5O. The highest BCUT2D eigenvalue weighted by Gasteiger charge is 2.26. The van der Waals surface area contributed by atoms with Crippen molar-refractivity contribution >= 4 is 5.91 Å². The first-order valence-electron chi connectivity index (χ1n) is 10.6. The van der Waals surface area contributed by atoms with Crippen molar-refractivity contribution in [2.45, 2.75) is 63.5 Å². The molecule has 0 radical (unpaired) electrons. The number of nitrogens with zero attached hydrogens (tertiary/aromatic N) is 4. The highest BCUT2D eigenvalue weighted by Crippen LogP contribution is 2.24. The third-order valence-corrected chi connectivity index (χ3v) is 6.40. The quantitative estimate of drug-likeness (QED) is 0.891. The molecular weight excluding hydrogens is 326 g/mol. The molecule has 0 spiro atoms. The summed E-state index contributed by atoms with van der Waals surface area (Å²) in [5.41, 5.74) is 1.13. The summed E-state index contributed by atoms with van der Waals surface area (Å²) in [4.78, 5) is 17.4. The zero-order valence-electron chi connectivity index (χ0n) is 15.9. The van der Waals surface area contributed by atoms with Crippen LogP contribution in [0.4, 0.5) is 0 Å². The van der Waals surface area contributed by atoms with E-state index < -0.39 is 0 Å². The van der Waals surface area contributed by atoms with E-state index in [1.54, 1.807) is 0 Å². The third kappa shape index (κ3) is 4.29. The van der Waals surface area contributed by atoms with E-state index >= 15 is 0 Å². The smallest absolute Gasteiger partial charge is 0.244 e. The molecule has 1 atom stereocenters. The van der Waals surface area contributed by atoms with Crippen LogP contribution in [0.15, 0.2) is 12.3 Å². The molecule has 4 rings (SSSR count). The number of rotatable bonds is 4. The second kappa shape index (κ2) is 8.53. The van der Waals surface area contributed by atoms with Crippen molar-refractivity contribution in [3.63, 3.8) is 0 Å². The molecule has 1 saturated carbocycles. The Morgan fingerprint density at radius 1 is 1.08 bits per heavy atom. The van der Waals surface area contributed by atoms with Crippen LogP contribution in [0.1, 0.15) is 56.6 Å². The average Bonchev–Trinajstić information content (AvgIpc) is 3.30. The Bertz CT molecular complexity index is 589. The summed E-state index contributed by atoms with van der Waals surface area (Å²) in [6.45, 7) is 6.45. The molecule has 144 valence electrons. The summed E-state index contributed by atoms with van der Waals surface area (Å²) >= 11 is 0. The van der Waals surface area contributed by atoms with Gasteiger partial charge < -0.3 is 10.2 Å². The molecule has 3 heterocycles. The first kappa shape index (κ1) is 18.0. The standard InChI is InChI=1S/C20H33N5O/c26-20(16-25-12-8-19(22-25)17-5-3-9-21-15-17)24-11-4-10-23(13-14-24)18-6-1-2-7-18/h8,12,17-18,21H,1-7,9-11,13-16H2. The van der Waals surface area contributed by atoms with E-state index in [0.717, 1.165) is 57.4 Å². The van der Waals surface area contributed by atoms with Crippen molar-refractivity contribution in [3.8, 4) is 0 Å². The Kier molecular flexibility index (Phi) is 5.90. The van der Waals surface area contributed by atoms with E-state index in [-0.39, 0.29) is 5.91 Å². The molecule has 1 unspecified atom stereocenters. The zero-order chi connectivity index (χ0) is 17.8. The molecule has 0 aromatic carbocycles. The fourth-order valence-corrected chi connectivity index (χ4v) is 4.85. The van der Waals surface area contributed by atoms with Crippen LogP contribution in [0.3, 0.4) is 0 Å². The fraction of sp³-hybridized carbons (Fsp3) is 0.800. The van der Waals surface area contributed by atoms with E-state index in [1.165, 1.54) is 38.5 Å². The first-order chi connectivity index (χ1) is 12.8. The van der Waals surface area contributed by atoms with Gasteiger partial charge in [-0.2, -0.15) is 5.10 Å². The van der Waals surface area contributed by atoms with Crippen LogP contribution in [0.25, 0.3) is 0 Å². The predicted octanol–water partition coefficient (Wildman–Crippen LogP) is 1.83. The van der Waals surface area contributed by atoms with Gasteiger partial charge in [0.2, 0.25) is 5.91 Å². The molecule has 6 nitrogen and oxygen atoms in total. The van der Waals surface area contributed by atoms with Gasteiger partial charge in [0, 0.05) is 50.9 Å². The second-order valence-electron chi connectivity index (χ2n) is 8.19. The van der Waals surface area contributed by atoms with Gasteiger partial charge in [-0.15, -0.1) is 0 Å². The lowest BCUT2D eigenvalue weighted by molar-refractivity contribution is -0.131. The maximum atomic E-state index is 12.8. The Balaban J connectivity index is 1.29. The van der Waals surface area contributed by atoms with Crippen LogP contribution >= 0.6 is 0 Å². The molecule has 6 heteroatoms. The molecule has 1 N–H and O–H groups in total. The minimum atomic E-state index is 0.217. The van der Waals surface area contributed by atoms with Crippen molar-refractivity contribution < 1.29 is 4.79 Å². The van der Waals surface area contributed by atoms with Gasteiger partial charge in [-0.05, 0) is 44.7 Å². The van der Waals surface area contributed by atoms with Crippen LogP contribution in [0, 0.1) is 0 Å². The third-order valence-electron chi connectivity index (χ3n) is 6.40. The Morgan fingerprint density at radius 2 is 1.96 bits per heavy atom. The van der Waals surface area contributed by atoms with E-state index in [2.05, 4.69) is 26.3 Å². The zero-order valence-corrected chi connectivity index (χ0v) is 15.9. The summed E-state index contributed by atoms with van der Waals surface area (Å²) in [6, 6.07) is 2.86. The average molecular weight is 360 g/mol. The molecule has 26 heavy (non-hydrogen) atoms. The number of piperidine rings is 1. The van der Waals surface area contributed by atoms with Crippen LogP contribution in [0.2, 0.25) is 0 Å². The monoisotopic (exact) mass is 359 g/mol. The number of aromatic nitrogens is 2. The van der Waals surface area contributed by atoms with Gasteiger partial charge in [-0.1, -0.05) is 12.8 Å². The summed E-state index contributed by atoms with van der Waals surface area (Å²) in [5, 5.41) is 8.13. The minimum absolute atomic E-state index is 0.217. The number of carbonyl (C=O) groups excluding carboxylic acids is 1. The molecule has 1 amide bonds. The van der Waals surface area contributed by atoms with Crippen molar-refractivity contribution in [2.75, 3.05) is 39.3 Å². The molecule has 0 bridgehead atoms. The Labute approximate surface area is 156 Å². The molecule has 1 aliphatic carbocycles. The number of hydrogen-bond donors (Lipinski definition) is 1. The molecule has 2 aliphatic heterocycles. The van der Waals surface area contributed by atoms with Crippen molar-refractivity contribution in [1.29, 1.82) is 0 Å². The lowest BCUT2D eigenvalue weighted by Gasteiger charge is -2.27. The van der Waals surface area contributed by atoms with E-state index in [9.17, 15) is 4.79 Å². The number of amides is 1. The first-order valence-corrected chi connectivity index (χ1v) is 10.6. The van der Waals surface area contributed by atoms with Crippen LogP contribution < -0.4 is 5.32 Å². The predicted molar refractivity (Wildman–Crippen MR) is 102 cm³/mol. The van der Waals surface area contributed by atoms with Gasteiger partial charge in [0.25, 0.3) is 0 Å². The molecule has 3 fully saturated rings. The lowest BCUT2D eigenvalue weighted by atomic mass is 9.97. The largest absolute Gasteiger partial charge is 0.340 e. The normalized spacial score (nSPS) is 26.2. The Morgan fingerprint density at radius 3 is 2.77 bits per heavy atom. The molecule has 1 aromatic heterocycles. The molecule has 1 aromatic rings. The summed E-state index contributed by atoms with van der Waals surface area (Å²) in [7, 11) is 0. The maximum absolute atomic E-state index is 12.8. The van der Waals surface area contributed by atoms with Crippen molar-refractivity contribution in [3.05, 3.63) is 18.0 Å². The van der Waals surface area contributed by atoms with Gasteiger partial charge in [-0.25, -0.2) is 0 Å². The summed E-state index contributed by atoms with van der Waals surface area (Å²) in [5.74, 6) is 0.716. The van der Waals surface area contributed by atoms with Crippen molar-refractivity contribution in [1.82, 2.24) is 24.9 Å². The Hall–Kier alpha value is -1.40. The lowest BCUT2D eigenvalue weighted by Crippen LogP contribution is -2.39. The topological polar surface area (TPSA) is 53.4 Å². The van der Waals surface area contributed by atoms with E-state index in [0.29, 0.717) is 12.5 Å². The summed E-state index contributed by atoms with van der Waals surface area (Å²) < 4.78 is 1.84. The van der Waals surface area contributed by atoms with Crippen LogP contribution in [-0.2, 0) is 11.3 Å². The van der Waals surface area contributed by atoms with Gasteiger partial charge in [-0.3, -0.25) is 14.4 Å². The SMILES string of the molecule is O=C(Cn1ccc(C2CCCNC2)n1)N1CCCN(C2CCCC2)CC1. The number of nitrogens with one attached hydrogen (secondary N) is 1. The van der Waals surface area contributed by atoms with Gasteiger partial charge >= 0.3 is 0 Å². The van der Waals surface area contributed by atoms with Gasteiger partial charge in [0.15, 0.2) is 0 Å². The van der Waals surface area contributed by atoms with Gasteiger partial charge in [0.05, 0.1) is 5.69 Å². The number of hydrogen-bond acceptors (Lipinski definition) is 4. The second-order valence-corrected chi connectivity index (χ2v) is 8.19.